The van der Waals surface area contributed by atoms with Crippen molar-refractivity contribution in [3.8, 4) is 0 Å². The smallest absolute Gasteiger partial charge is 0.0960 e. The quantitative estimate of drug-likeness (QED) is 0.253. The summed E-state index contributed by atoms with van der Waals surface area (Å²) in [5.41, 5.74) is 12.4. The molecule has 0 bridgehead atoms. The largest absolute Gasteiger partial charge is 0.401 e. The van der Waals surface area contributed by atoms with Crippen LogP contribution in [0, 0.1) is 5.92 Å². The van der Waals surface area contributed by atoms with Gasteiger partial charge in [0, 0.05) is 49.6 Å². The second kappa shape index (κ2) is 13.8. The maximum Gasteiger partial charge on any atom is 0.0960 e. The Morgan fingerprint density at radius 2 is 1.68 bits per heavy atom. The lowest BCUT2D eigenvalue weighted by Gasteiger charge is -2.23. The number of ether oxygens (including phenoxy) is 1. The molecule has 1 aliphatic rings. The zero-order chi connectivity index (χ0) is 26.8. The molecule has 5 rings (SSSR count). The lowest BCUT2D eigenvalue weighted by Crippen LogP contribution is -2.26. The Kier molecular flexibility index (Phi) is 10.5. The fraction of sp³-hybridized carbons (Fsp3) is 0.367. The second-order valence-electron chi connectivity index (χ2n) is 9.06. The molecule has 3 heterocycles. The third kappa shape index (κ3) is 6.89. The molecule has 1 fully saturated rings. The zero-order valence-electron chi connectivity index (χ0n) is 22.5. The summed E-state index contributed by atoms with van der Waals surface area (Å²) in [5.74, 6) is 6.58. The zero-order valence-corrected chi connectivity index (χ0v) is 22.5. The number of hydrogen-bond acceptors (Lipinski definition) is 6. The minimum atomic E-state index is 0.0185. The number of hydrazine groups is 1. The molecule has 1 saturated heterocycles. The van der Waals surface area contributed by atoms with Gasteiger partial charge in [-0.3, -0.25) is 4.98 Å². The summed E-state index contributed by atoms with van der Waals surface area (Å²) >= 11 is 0. The predicted octanol–water partition coefficient (Wildman–Crippen LogP) is 5.27. The van der Waals surface area contributed by atoms with Crippen molar-refractivity contribution in [3.05, 3.63) is 83.7 Å². The molecule has 7 heteroatoms. The molecule has 4 aromatic rings. The van der Waals surface area contributed by atoms with E-state index >= 15 is 0 Å². The van der Waals surface area contributed by atoms with Crippen molar-refractivity contribution >= 4 is 27.6 Å². The molecule has 0 amide bonds. The van der Waals surface area contributed by atoms with E-state index in [1.807, 2.05) is 69.4 Å². The molecule has 0 atom stereocenters. The molecule has 2 aromatic heterocycles. The van der Waals surface area contributed by atoms with Gasteiger partial charge in [-0.05, 0) is 43.4 Å². The maximum absolute atomic E-state index is 9.64. The second-order valence-corrected chi connectivity index (χ2v) is 9.06. The summed E-state index contributed by atoms with van der Waals surface area (Å²) in [5, 5.41) is 12.3. The molecule has 0 saturated carbocycles. The summed E-state index contributed by atoms with van der Waals surface area (Å²) in [7, 11) is 1.78. The molecule has 37 heavy (non-hydrogen) atoms. The molecule has 0 unspecified atom stereocenters. The summed E-state index contributed by atoms with van der Waals surface area (Å²) in [4.78, 5) is 4.78. The first-order valence-corrected chi connectivity index (χ1v) is 13.0. The Labute approximate surface area is 220 Å². The fourth-order valence-electron chi connectivity index (χ4n) is 4.70. The number of fused-ring (bicyclic) bond motifs is 3. The first kappa shape index (κ1) is 28.2. The Morgan fingerprint density at radius 3 is 2.22 bits per heavy atom. The number of aliphatic hydroxyl groups is 1. The van der Waals surface area contributed by atoms with E-state index in [0.717, 1.165) is 71.4 Å². The highest BCUT2D eigenvalue weighted by Crippen LogP contribution is 2.32. The number of rotatable bonds is 5. The number of aliphatic hydroxyl groups excluding tert-OH is 1. The van der Waals surface area contributed by atoms with Gasteiger partial charge in [-0.1, -0.05) is 62.4 Å². The van der Waals surface area contributed by atoms with Crippen molar-refractivity contribution in [2.45, 2.75) is 46.8 Å². The van der Waals surface area contributed by atoms with E-state index in [2.05, 4.69) is 22.8 Å². The van der Waals surface area contributed by atoms with Gasteiger partial charge in [-0.2, -0.15) is 0 Å². The minimum absolute atomic E-state index is 0.0185. The molecular weight excluding hydrogens is 462 g/mol. The van der Waals surface area contributed by atoms with Gasteiger partial charge in [0.1, 0.15) is 0 Å². The summed E-state index contributed by atoms with van der Waals surface area (Å²) in [6, 6.07) is 20.2. The van der Waals surface area contributed by atoms with E-state index in [4.69, 9.17) is 21.3 Å². The van der Waals surface area contributed by atoms with E-state index < -0.39 is 0 Å². The van der Waals surface area contributed by atoms with Gasteiger partial charge in [0.2, 0.25) is 0 Å². The standard InChI is InChI=1S/C22H29N5O2.C6H6.C2H6/c1-14(23)22(26(2)24)17-10-20-21(25-11-17)18-4-3-16(13-28)9-19(18)27(20)12-15-5-7-29-8-6-15;1-2-4-6-5-3-1;1-2/h3-4,9-11,15,28H,5-8,12-13,23-24H2,1-2H3;1-6H;1-2H3/b22-14-;;. The van der Waals surface area contributed by atoms with Crippen molar-refractivity contribution in [3.63, 3.8) is 0 Å². The topological polar surface area (TPSA) is 103 Å². The predicted molar refractivity (Wildman–Crippen MR) is 153 cm³/mol. The van der Waals surface area contributed by atoms with E-state index in [-0.39, 0.29) is 6.61 Å². The van der Waals surface area contributed by atoms with Crippen molar-refractivity contribution in [1.29, 1.82) is 0 Å². The first-order chi connectivity index (χ1) is 18.0. The highest BCUT2D eigenvalue weighted by molar-refractivity contribution is 6.06. The summed E-state index contributed by atoms with van der Waals surface area (Å²) < 4.78 is 7.87. The maximum atomic E-state index is 9.64. The molecule has 5 N–H and O–H groups in total. The SMILES string of the molecule is C/C(N)=C(\c1cnc2c3ccc(CO)cc3n(CC3CCOCC3)c2c1)N(C)N.CC.c1ccccc1. The van der Waals surface area contributed by atoms with Crippen LogP contribution in [0.1, 0.15) is 44.7 Å². The van der Waals surface area contributed by atoms with Gasteiger partial charge in [0.15, 0.2) is 0 Å². The third-order valence-electron chi connectivity index (χ3n) is 6.40. The summed E-state index contributed by atoms with van der Waals surface area (Å²) in [6.45, 7) is 8.37. The average molecular weight is 504 g/mol. The van der Waals surface area contributed by atoms with Gasteiger partial charge in [-0.25, -0.2) is 5.84 Å². The molecule has 7 nitrogen and oxygen atoms in total. The highest BCUT2D eigenvalue weighted by Gasteiger charge is 2.20. The highest BCUT2D eigenvalue weighted by atomic mass is 16.5. The van der Waals surface area contributed by atoms with E-state index in [0.29, 0.717) is 11.6 Å². The first-order valence-electron chi connectivity index (χ1n) is 13.0. The van der Waals surface area contributed by atoms with Crippen LogP contribution in [-0.2, 0) is 17.9 Å². The number of nitrogens with zero attached hydrogens (tertiary/aromatic N) is 3. The van der Waals surface area contributed by atoms with Gasteiger partial charge in [0.25, 0.3) is 0 Å². The molecular formula is C30H41N5O2. The third-order valence-corrected chi connectivity index (χ3v) is 6.40. The average Bonchev–Trinajstić information content (AvgIpc) is 3.23. The van der Waals surface area contributed by atoms with Gasteiger partial charge >= 0.3 is 0 Å². The van der Waals surface area contributed by atoms with Crippen LogP contribution in [0.3, 0.4) is 0 Å². The number of nitrogens with two attached hydrogens (primary N) is 2. The van der Waals surface area contributed by atoms with Crippen molar-refractivity contribution in [2.24, 2.45) is 17.5 Å². The molecule has 198 valence electrons. The van der Waals surface area contributed by atoms with Crippen LogP contribution in [-0.4, -0.2) is 39.9 Å². The Morgan fingerprint density at radius 1 is 1.05 bits per heavy atom. The number of benzene rings is 2. The van der Waals surface area contributed by atoms with Crippen LogP contribution in [0.4, 0.5) is 0 Å². The van der Waals surface area contributed by atoms with Crippen LogP contribution >= 0.6 is 0 Å². The molecule has 2 aromatic carbocycles. The molecule has 0 radical (unpaired) electrons. The minimum Gasteiger partial charge on any atom is -0.401 e. The Hall–Kier alpha value is -3.39. The summed E-state index contributed by atoms with van der Waals surface area (Å²) in [6.07, 6.45) is 3.93. The van der Waals surface area contributed by atoms with Crippen LogP contribution in [0.5, 0.6) is 0 Å². The lowest BCUT2D eigenvalue weighted by molar-refractivity contribution is 0.0619. The number of hydrogen-bond donors (Lipinski definition) is 3. The number of allylic oxidation sites excluding steroid dienone is 1. The molecule has 0 aliphatic carbocycles. The lowest BCUT2D eigenvalue weighted by atomic mass is 10.0. The molecule has 0 spiro atoms. The monoisotopic (exact) mass is 503 g/mol. The van der Waals surface area contributed by atoms with Crippen LogP contribution in [0.15, 0.2) is 72.6 Å². The number of pyridine rings is 1. The Balaban J connectivity index is 0.000000412. The van der Waals surface area contributed by atoms with E-state index in [9.17, 15) is 5.11 Å². The fourth-order valence-corrected chi connectivity index (χ4v) is 4.70. The van der Waals surface area contributed by atoms with Crippen LogP contribution < -0.4 is 11.6 Å². The van der Waals surface area contributed by atoms with Crippen molar-refractivity contribution < 1.29 is 9.84 Å². The normalized spacial score (nSPS) is 14.3. The number of aromatic nitrogens is 2. The van der Waals surface area contributed by atoms with Crippen LogP contribution in [0.2, 0.25) is 0 Å². The van der Waals surface area contributed by atoms with Gasteiger partial charge < -0.3 is 25.2 Å². The van der Waals surface area contributed by atoms with Crippen molar-refractivity contribution in [1.82, 2.24) is 14.6 Å². The van der Waals surface area contributed by atoms with Gasteiger partial charge in [-0.15, -0.1) is 0 Å². The van der Waals surface area contributed by atoms with E-state index in [1.165, 1.54) is 5.01 Å². The van der Waals surface area contributed by atoms with Crippen molar-refractivity contribution in [2.75, 3.05) is 20.3 Å². The van der Waals surface area contributed by atoms with Crippen LogP contribution in [0.25, 0.3) is 27.6 Å². The van der Waals surface area contributed by atoms with E-state index in [1.54, 1.807) is 7.05 Å². The molecule has 1 aliphatic heterocycles. The Bertz CT molecular complexity index is 1260. The van der Waals surface area contributed by atoms with Gasteiger partial charge in [0.05, 0.1) is 28.9 Å².